The molecule has 2 aliphatic heterocycles. The Morgan fingerprint density at radius 1 is 1.26 bits per heavy atom. The van der Waals surface area contributed by atoms with Crippen LogP contribution in [0.2, 0.25) is 5.02 Å². The minimum absolute atomic E-state index is 0.0471. The molecule has 5 nitrogen and oxygen atoms in total. The second-order valence-electron chi connectivity index (χ2n) is 6.11. The van der Waals surface area contributed by atoms with Crippen molar-refractivity contribution in [2.24, 2.45) is 0 Å². The number of halogens is 1. The van der Waals surface area contributed by atoms with E-state index < -0.39 is 5.79 Å². The van der Waals surface area contributed by atoms with Crippen molar-refractivity contribution >= 4 is 17.5 Å². The van der Waals surface area contributed by atoms with Crippen LogP contribution in [0.15, 0.2) is 6.07 Å². The number of carbonyl (C=O) groups is 1. The number of carbonyl (C=O) groups excluding carboxylic acids is 1. The van der Waals surface area contributed by atoms with Gasteiger partial charge >= 0.3 is 0 Å². The molecule has 0 atom stereocenters. The van der Waals surface area contributed by atoms with Crippen LogP contribution in [0.1, 0.15) is 34.3 Å². The maximum absolute atomic E-state index is 13.0. The zero-order valence-electron chi connectivity index (χ0n) is 13.8. The van der Waals surface area contributed by atoms with Crippen molar-refractivity contribution in [3.63, 3.8) is 0 Å². The van der Waals surface area contributed by atoms with Gasteiger partial charge in [0.2, 0.25) is 0 Å². The molecule has 0 unspecified atom stereocenters. The molecule has 1 spiro atoms. The van der Waals surface area contributed by atoms with Gasteiger partial charge < -0.3 is 19.1 Å². The number of methoxy groups -OCH3 is 1. The Morgan fingerprint density at radius 3 is 2.43 bits per heavy atom. The molecule has 126 valence electrons. The summed E-state index contributed by atoms with van der Waals surface area (Å²) in [6.45, 7) is 6.24. The number of hydrogen-bond acceptors (Lipinski definition) is 4. The van der Waals surface area contributed by atoms with Crippen LogP contribution < -0.4 is 4.74 Å². The van der Waals surface area contributed by atoms with E-state index in [1.807, 2.05) is 24.8 Å². The average molecular weight is 340 g/mol. The summed E-state index contributed by atoms with van der Waals surface area (Å²) in [6.07, 6.45) is 1.39. The summed E-state index contributed by atoms with van der Waals surface area (Å²) >= 11 is 6.33. The highest BCUT2D eigenvalue weighted by Crippen LogP contribution is 2.35. The van der Waals surface area contributed by atoms with Gasteiger partial charge in [0, 0.05) is 31.0 Å². The Morgan fingerprint density at radius 2 is 1.87 bits per heavy atom. The first-order valence-electron chi connectivity index (χ1n) is 7.88. The molecule has 1 amide bonds. The summed E-state index contributed by atoms with van der Waals surface area (Å²) in [5.41, 5.74) is 2.22. The van der Waals surface area contributed by atoms with E-state index in [-0.39, 0.29) is 5.91 Å². The minimum atomic E-state index is -0.485. The largest absolute Gasteiger partial charge is 0.496 e. The van der Waals surface area contributed by atoms with E-state index >= 15 is 0 Å². The highest BCUT2D eigenvalue weighted by molar-refractivity contribution is 6.32. The molecule has 0 N–H and O–H groups in total. The number of piperidine rings is 1. The van der Waals surface area contributed by atoms with E-state index in [1.165, 1.54) is 0 Å². The van der Waals surface area contributed by atoms with Gasteiger partial charge in [0.25, 0.3) is 5.91 Å². The number of aryl methyl sites for hydroxylation is 1. The number of benzene rings is 1. The third kappa shape index (κ3) is 2.93. The van der Waals surface area contributed by atoms with E-state index in [2.05, 4.69) is 0 Å². The Kier molecular flexibility index (Phi) is 4.54. The lowest BCUT2D eigenvalue weighted by Crippen LogP contribution is -2.47. The monoisotopic (exact) mass is 339 g/mol. The molecule has 2 heterocycles. The summed E-state index contributed by atoms with van der Waals surface area (Å²) < 4.78 is 16.8. The van der Waals surface area contributed by atoms with Gasteiger partial charge in [-0.05, 0) is 31.0 Å². The highest BCUT2D eigenvalue weighted by Gasteiger charge is 2.41. The fourth-order valence-corrected chi connectivity index (χ4v) is 3.49. The third-order valence-electron chi connectivity index (χ3n) is 4.70. The standard InChI is InChI=1S/C17H22ClNO4/c1-11-10-13(21-3)14(12(2)15(11)18)16(20)19-6-4-17(5-7-19)22-8-9-23-17/h10H,4-9H2,1-3H3. The van der Waals surface area contributed by atoms with Crippen LogP contribution in [-0.4, -0.2) is 50.0 Å². The Bertz CT molecular complexity index is 616. The van der Waals surface area contributed by atoms with Gasteiger partial charge in [-0.3, -0.25) is 4.79 Å². The number of likely N-dealkylation sites (tertiary alicyclic amines) is 1. The lowest BCUT2D eigenvalue weighted by Gasteiger charge is -2.37. The number of ether oxygens (including phenoxy) is 3. The van der Waals surface area contributed by atoms with Gasteiger partial charge in [-0.15, -0.1) is 0 Å². The molecule has 0 saturated carbocycles. The van der Waals surface area contributed by atoms with Crippen LogP contribution in [0.4, 0.5) is 0 Å². The fraction of sp³-hybridized carbons (Fsp3) is 0.588. The molecule has 0 bridgehead atoms. The van der Waals surface area contributed by atoms with Gasteiger partial charge in [-0.1, -0.05) is 11.6 Å². The van der Waals surface area contributed by atoms with Crippen molar-refractivity contribution in [2.45, 2.75) is 32.5 Å². The summed E-state index contributed by atoms with van der Waals surface area (Å²) in [6, 6.07) is 1.82. The first kappa shape index (κ1) is 16.6. The average Bonchev–Trinajstić information content (AvgIpc) is 3.00. The highest BCUT2D eigenvalue weighted by atomic mass is 35.5. The number of nitrogens with zero attached hydrogens (tertiary/aromatic N) is 1. The van der Waals surface area contributed by atoms with Gasteiger partial charge in [0.05, 0.1) is 25.9 Å². The summed E-state index contributed by atoms with van der Waals surface area (Å²) in [4.78, 5) is 14.8. The number of amides is 1. The van der Waals surface area contributed by atoms with Crippen molar-refractivity contribution in [1.82, 2.24) is 4.90 Å². The predicted octanol–water partition coefficient (Wildman–Crippen LogP) is 2.94. The zero-order chi connectivity index (χ0) is 16.6. The molecule has 0 aromatic heterocycles. The third-order valence-corrected chi connectivity index (χ3v) is 5.29. The van der Waals surface area contributed by atoms with E-state index in [1.54, 1.807) is 7.11 Å². The molecule has 2 saturated heterocycles. The molecular formula is C17H22ClNO4. The maximum Gasteiger partial charge on any atom is 0.257 e. The molecule has 0 radical (unpaired) electrons. The molecule has 23 heavy (non-hydrogen) atoms. The molecule has 2 fully saturated rings. The van der Waals surface area contributed by atoms with Crippen LogP contribution >= 0.6 is 11.6 Å². The van der Waals surface area contributed by atoms with Gasteiger partial charge in [0.1, 0.15) is 5.75 Å². The molecule has 1 aromatic rings. The first-order valence-corrected chi connectivity index (χ1v) is 8.26. The Labute approximate surface area is 141 Å². The SMILES string of the molecule is COc1cc(C)c(Cl)c(C)c1C(=O)N1CCC2(CC1)OCCO2. The minimum Gasteiger partial charge on any atom is -0.496 e. The van der Waals surface area contributed by atoms with Crippen molar-refractivity contribution in [2.75, 3.05) is 33.4 Å². The Balaban J connectivity index is 1.83. The number of hydrogen-bond donors (Lipinski definition) is 0. The van der Waals surface area contributed by atoms with Crippen LogP contribution in [-0.2, 0) is 9.47 Å². The van der Waals surface area contributed by atoms with Gasteiger partial charge in [-0.2, -0.15) is 0 Å². The van der Waals surface area contributed by atoms with Crippen molar-refractivity contribution in [3.8, 4) is 5.75 Å². The molecule has 2 aliphatic rings. The van der Waals surface area contributed by atoms with Crippen molar-refractivity contribution in [1.29, 1.82) is 0 Å². The second-order valence-corrected chi connectivity index (χ2v) is 6.49. The van der Waals surface area contributed by atoms with Crippen molar-refractivity contribution < 1.29 is 19.0 Å². The van der Waals surface area contributed by atoms with E-state index in [0.717, 1.165) is 11.1 Å². The maximum atomic E-state index is 13.0. The van der Waals surface area contributed by atoms with Gasteiger partial charge in [-0.25, -0.2) is 0 Å². The van der Waals surface area contributed by atoms with Crippen molar-refractivity contribution in [3.05, 3.63) is 27.8 Å². The second kappa shape index (κ2) is 6.30. The lowest BCUT2D eigenvalue weighted by molar-refractivity contribution is -0.181. The zero-order valence-corrected chi connectivity index (χ0v) is 14.5. The quantitative estimate of drug-likeness (QED) is 0.831. The summed E-state index contributed by atoms with van der Waals surface area (Å²) in [5.74, 6) is 0.0399. The fourth-order valence-electron chi connectivity index (χ4n) is 3.34. The first-order chi connectivity index (χ1) is 11.0. The summed E-state index contributed by atoms with van der Waals surface area (Å²) in [5, 5.41) is 0.616. The van der Waals surface area contributed by atoms with Gasteiger partial charge in [0.15, 0.2) is 5.79 Å². The Hall–Kier alpha value is -1.30. The predicted molar refractivity (Wildman–Crippen MR) is 87.3 cm³/mol. The summed E-state index contributed by atoms with van der Waals surface area (Å²) in [7, 11) is 1.57. The topological polar surface area (TPSA) is 48.0 Å². The smallest absolute Gasteiger partial charge is 0.257 e. The van der Waals surface area contributed by atoms with Crippen LogP contribution in [0.25, 0.3) is 0 Å². The molecule has 3 rings (SSSR count). The van der Waals surface area contributed by atoms with E-state index in [0.29, 0.717) is 55.5 Å². The number of rotatable bonds is 2. The molecule has 6 heteroatoms. The van der Waals surface area contributed by atoms with Crippen LogP contribution in [0.5, 0.6) is 5.75 Å². The lowest BCUT2D eigenvalue weighted by atomic mass is 9.99. The van der Waals surface area contributed by atoms with Crippen LogP contribution in [0, 0.1) is 13.8 Å². The molecule has 0 aliphatic carbocycles. The molecular weight excluding hydrogens is 318 g/mol. The van der Waals surface area contributed by atoms with E-state index in [9.17, 15) is 4.79 Å². The van der Waals surface area contributed by atoms with Crippen LogP contribution in [0.3, 0.4) is 0 Å². The van der Waals surface area contributed by atoms with E-state index in [4.69, 9.17) is 25.8 Å². The molecule has 1 aromatic carbocycles. The normalized spacial score (nSPS) is 20.1.